The van der Waals surface area contributed by atoms with Gasteiger partial charge in [0.25, 0.3) is 0 Å². The Kier molecular flexibility index (Phi) is 2.69. The Morgan fingerprint density at radius 2 is 2.60 bits per heavy atom. The summed E-state index contributed by atoms with van der Waals surface area (Å²) < 4.78 is 0. The molecule has 1 aliphatic heterocycles. The Morgan fingerprint density at radius 1 is 1.80 bits per heavy atom. The summed E-state index contributed by atoms with van der Waals surface area (Å²) in [6.45, 7) is 5.96. The molecule has 0 aliphatic carbocycles. The van der Waals surface area contributed by atoms with E-state index in [1.165, 1.54) is 6.42 Å². The van der Waals surface area contributed by atoms with E-state index in [4.69, 9.17) is 0 Å². The first-order chi connectivity index (χ1) is 4.83. The summed E-state index contributed by atoms with van der Waals surface area (Å²) in [5.74, 6) is 0. The number of rotatable bonds is 2. The van der Waals surface area contributed by atoms with Crippen LogP contribution < -0.4 is 5.32 Å². The van der Waals surface area contributed by atoms with Crippen LogP contribution in [0.1, 0.15) is 19.8 Å². The fourth-order valence-corrected chi connectivity index (χ4v) is 1.43. The molecule has 0 saturated carbocycles. The zero-order chi connectivity index (χ0) is 7.40. The van der Waals surface area contributed by atoms with Crippen LogP contribution in [-0.4, -0.2) is 12.1 Å². The molecule has 0 bridgehead atoms. The van der Waals surface area contributed by atoms with Crippen molar-refractivity contribution in [3.05, 3.63) is 24.8 Å². The van der Waals surface area contributed by atoms with Crippen molar-refractivity contribution in [2.75, 3.05) is 0 Å². The molecule has 1 nitrogen and oxygen atoms in total. The molecule has 2 atom stereocenters. The maximum Gasteiger partial charge on any atom is 0.102 e. The van der Waals surface area contributed by atoms with E-state index in [9.17, 15) is 0 Å². The predicted molar refractivity (Wildman–Crippen MR) is 43.7 cm³/mol. The second-order valence-corrected chi connectivity index (χ2v) is 3.00. The molecule has 0 unspecified atom stereocenters. The van der Waals surface area contributed by atoms with E-state index in [0.717, 1.165) is 12.5 Å². The maximum absolute atomic E-state index is 3.74. The highest BCUT2D eigenvalue weighted by Gasteiger charge is 2.14. The molecule has 0 fully saturated rings. The highest BCUT2D eigenvalue weighted by atomic mass is 14.9. The minimum atomic E-state index is 0.665. The van der Waals surface area contributed by atoms with Gasteiger partial charge in [-0.25, -0.2) is 0 Å². The molecule has 0 spiro atoms. The topological polar surface area (TPSA) is 16.6 Å². The van der Waals surface area contributed by atoms with E-state index in [-0.39, 0.29) is 0 Å². The van der Waals surface area contributed by atoms with Crippen LogP contribution in [0, 0.1) is 0 Å². The first-order valence-electron chi connectivity index (χ1n) is 3.95. The van der Waals surface area contributed by atoms with Gasteiger partial charge in [0.1, 0.15) is 6.04 Å². The molecule has 0 saturated heterocycles. The van der Waals surface area contributed by atoms with Gasteiger partial charge in [0.05, 0.1) is 6.04 Å². The summed E-state index contributed by atoms with van der Waals surface area (Å²) >= 11 is 0. The van der Waals surface area contributed by atoms with Crippen molar-refractivity contribution in [1.29, 1.82) is 0 Å². The van der Waals surface area contributed by atoms with Gasteiger partial charge in [-0.1, -0.05) is 12.2 Å². The van der Waals surface area contributed by atoms with Crippen molar-refractivity contribution in [2.45, 2.75) is 31.8 Å². The number of hydrogen-bond acceptors (Lipinski definition) is 0. The minimum absolute atomic E-state index is 0.665. The summed E-state index contributed by atoms with van der Waals surface area (Å²) in [6.07, 6.45) is 8.89. The third kappa shape index (κ3) is 1.99. The predicted octanol–water partition coefficient (Wildman–Crippen LogP) is 0.843. The Hall–Kier alpha value is -0.560. The highest BCUT2D eigenvalue weighted by molar-refractivity contribution is 4.92. The quantitative estimate of drug-likeness (QED) is 0.545. The van der Waals surface area contributed by atoms with Crippen molar-refractivity contribution in [3.8, 4) is 0 Å². The van der Waals surface area contributed by atoms with Gasteiger partial charge >= 0.3 is 0 Å². The maximum atomic E-state index is 3.74. The zero-order valence-corrected chi connectivity index (χ0v) is 6.59. The van der Waals surface area contributed by atoms with Gasteiger partial charge in [0, 0.05) is 12.8 Å². The average Bonchev–Trinajstić information content (AvgIpc) is 1.88. The molecular formula is C9H16N+. The summed E-state index contributed by atoms with van der Waals surface area (Å²) in [5.41, 5.74) is 0. The van der Waals surface area contributed by atoms with E-state index in [0.29, 0.717) is 6.04 Å². The van der Waals surface area contributed by atoms with Gasteiger partial charge in [-0.05, 0) is 13.0 Å². The molecule has 1 aliphatic rings. The molecule has 0 amide bonds. The van der Waals surface area contributed by atoms with Crippen molar-refractivity contribution in [3.63, 3.8) is 0 Å². The molecule has 2 N–H and O–H groups in total. The molecule has 56 valence electrons. The third-order valence-electron chi connectivity index (χ3n) is 1.92. The van der Waals surface area contributed by atoms with E-state index in [1.54, 1.807) is 0 Å². The van der Waals surface area contributed by atoms with Crippen molar-refractivity contribution >= 4 is 0 Å². The lowest BCUT2D eigenvalue weighted by Crippen LogP contribution is -2.94. The van der Waals surface area contributed by atoms with Crippen LogP contribution in [0.15, 0.2) is 24.8 Å². The lowest BCUT2D eigenvalue weighted by molar-refractivity contribution is -0.710. The second-order valence-electron chi connectivity index (χ2n) is 3.00. The number of nitrogens with two attached hydrogens (primary N) is 1. The van der Waals surface area contributed by atoms with Crippen molar-refractivity contribution in [2.24, 2.45) is 0 Å². The van der Waals surface area contributed by atoms with E-state index >= 15 is 0 Å². The first kappa shape index (κ1) is 7.55. The number of hydrogen-bond donors (Lipinski definition) is 1. The molecule has 0 aromatic carbocycles. The lowest BCUT2D eigenvalue weighted by atomic mass is 10.0. The molecule has 1 rings (SSSR count). The third-order valence-corrected chi connectivity index (χ3v) is 1.92. The zero-order valence-electron chi connectivity index (χ0n) is 6.59. The van der Waals surface area contributed by atoms with Gasteiger partial charge in [-0.15, -0.1) is 6.58 Å². The Balaban J connectivity index is 2.36. The summed E-state index contributed by atoms with van der Waals surface area (Å²) in [6, 6.07) is 1.41. The largest absolute Gasteiger partial charge is 0.338 e. The smallest absolute Gasteiger partial charge is 0.102 e. The van der Waals surface area contributed by atoms with Crippen LogP contribution in [-0.2, 0) is 0 Å². The van der Waals surface area contributed by atoms with Gasteiger partial charge in [0.15, 0.2) is 0 Å². The van der Waals surface area contributed by atoms with Gasteiger partial charge in [0.2, 0.25) is 0 Å². The van der Waals surface area contributed by atoms with Crippen LogP contribution >= 0.6 is 0 Å². The normalized spacial score (nSPS) is 32.1. The Labute approximate surface area is 62.8 Å². The van der Waals surface area contributed by atoms with Crippen LogP contribution in [0.3, 0.4) is 0 Å². The standard InChI is InChI=1S/C9H15N/c1-3-5-9-7-4-6-8(2)10-9/h3-4,6,8-10H,1,5,7H2,2H3/p+1/t8-,9-/m0/s1. The summed E-state index contributed by atoms with van der Waals surface area (Å²) in [5, 5.41) is 2.40. The average molecular weight is 138 g/mol. The van der Waals surface area contributed by atoms with Crippen molar-refractivity contribution < 1.29 is 5.32 Å². The van der Waals surface area contributed by atoms with E-state index in [2.05, 4.69) is 31.0 Å². The minimum Gasteiger partial charge on any atom is -0.338 e. The molecule has 0 aromatic rings. The monoisotopic (exact) mass is 138 g/mol. The summed E-state index contributed by atoms with van der Waals surface area (Å²) in [7, 11) is 0. The van der Waals surface area contributed by atoms with E-state index in [1.807, 2.05) is 6.08 Å². The Morgan fingerprint density at radius 3 is 3.20 bits per heavy atom. The molecule has 1 heterocycles. The first-order valence-corrected chi connectivity index (χ1v) is 3.95. The van der Waals surface area contributed by atoms with E-state index < -0.39 is 0 Å². The molecule has 1 heteroatoms. The number of quaternary nitrogens is 1. The second kappa shape index (κ2) is 3.57. The molecular weight excluding hydrogens is 122 g/mol. The molecule has 10 heavy (non-hydrogen) atoms. The van der Waals surface area contributed by atoms with Crippen LogP contribution in [0.2, 0.25) is 0 Å². The fraction of sp³-hybridized carbons (Fsp3) is 0.556. The summed E-state index contributed by atoms with van der Waals surface area (Å²) in [4.78, 5) is 0. The van der Waals surface area contributed by atoms with Crippen LogP contribution in [0.4, 0.5) is 0 Å². The van der Waals surface area contributed by atoms with Crippen LogP contribution in [0.5, 0.6) is 0 Å². The SMILES string of the molecule is C=CC[C@H]1CC=C[C@H](C)[NH2+]1. The highest BCUT2D eigenvalue weighted by Crippen LogP contribution is 2.00. The van der Waals surface area contributed by atoms with Gasteiger partial charge in [-0.2, -0.15) is 0 Å². The van der Waals surface area contributed by atoms with Crippen molar-refractivity contribution in [1.82, 2.24) is 0 Å². The van der Waals surface area contributed by atoms with Gasteiger partial charge in [-0.3, -0.25) is 0 Å². The molecule has 0 aromatic heterocycles. The molecule has 0 radical (unpaired) electrons. The lowest BCUT2D eigenvalue weighted by Gasteiger charge is -2.19. The van der Waals surface area contributed by atoms with Gasteiger partial charge < -0.3 is 5.32 Å². The fourth-order valence-electron chi connectivity index (χ4n) is 1.43. The Bertz CT molecular complexity index is 138. The van der Waals surface area contributed by atoms with Crippen LogP contribution in [0.25, 0.3) is 0 Å².